The van der Waals surface area contributed by atoms with Gasteiger partial charge in [0.25, 0.3) is 0 Å². The lowest BCUT2D eigenvalue weighted by Crippen LogP contribution is -2.50. The Labute approximate surface area is 229 Å². The fourth-order valence-corrected chi connectivity index (χ4v) is 4.69. The average molecular weight is 534 g/mol. The monoisotopic (exact) mass is 533 g/mol. The standard InChI is InChI=1S/C30H39N5O4/c1-20-10-9-15-34(20)28(37)21(2)35-19-31-24-16-23(13-14-26(24)35)32-27(36)25(33-29(38)30(3,4)5)18-39-17-22-11-7-6-8-12-22/h6-8,11-14,16,19-21,25H,9-10,15,17-18H2,1-5H3,(H,32,36)(H,33,38)/t20?,21?,25-/m1/s1. The van der Waals surface area contributed by atoms with Crippen molar-refractivity contribution in [1.29, 1.82) is 0 Å². The molecule has 1 aliphatic heterocycles. The zero-order valence-electron chi connectivity index (χ0n) is 23.4. The number of anilines is 1. The molecule has 0 radical (unpaired) electrons. The fourth-order valence-electron chi connectivity index (χ4n) is 4.69. The Balaban J connectivity index is 1.45. The van der Waals surface area contributed by atoms with Crippen molar-refractivity contribution in [3.8, 4) is 0 Å². The number of carbonyl (C=O) groups is 3. The number of rotatable bonds is 9. The van der Waals surface area contributed by atoms with E-state index < -0.39 is 11.5 Å². The third kappa shape index (κ3) is 6.84. The van der Waals surface area contributed by atoms with E-state index in [0.717, 1.165) is 30.5 Å². The molecule has 2 N–H and O–H groups in total. The molecular weight excluding hydrogens is 494 g/mol. The second kappa shape index (κ2) is 12.0. The van der Waals surface area contributed by atoms with E-state index in [1.54, 1.807) is 39.2 Å². The number of amides is 3. The molecule has 1 aliphatic rings. The molecule has 1 fully saturated rings. The molecule has 3 aromatic rings. The van der Waals surface area contributed by atoms with Gasteiger partial charge < -0.3 is 24.8 Å². The van der Waals surface area contributed by atoms with Gasteiger partial charge in [0.1, 0.15) is 12.1 Å². The van der Waals surface area contributed by atoms with Crippen LogP contribution >= 0.6 is 0 Å². The lowest BCUT2D eigenvalue weighted by Gasteiger charge is -2.26. The van der Waals surface area contributed by atoms with Crippen LogP contribution in [-0.2, 0) is 25.7 Å². The fraction of sp³-hybridized carbons (Fsp3) is 0.467. The van der Waals surface area contributed by atoms with Crippen LogP contribution in [0.15, 0.2) is 54.9 Å². The van der Waals surface area contributed by atoms with Crippen molar-refractivity contribution in [3.63, 3.8) is 0 Å². The van der Waals surface area contributed by atoms with E-state index in [2.05, 4.69) is 22.5 Å². The molecule has 2 heterocycles. The minimum absolute atomic E-state index is 0.0218. The Morgan fingerprint density at radius 1 is 1.13 bits per heavy atom. The molecule has 2 unspecified atom stereocenters. The van der Waals surface area contributed by atoms with Crippen LogP contribution in [0.4, 0.5) is 5.69 Å². The molecule has 2 aromatic carbocycles. The number of aromatic nitrogens is 2. The number of nitrogens with zero attached hydrogens (tertiary/aromatic N) is 3. The summed E-state index contributed by atoms with van der Waals surface area (Å²) < 4.78 is 7.67. The zero-order valence-corrected chi connectivity index (χ0v) is 23.4. The normalized spacial score (nSPS) is 17.2. The Morgan fingerprint density at radius 2 is 1.87 bits per heavy atom. The van der Waals surface area contributed by atoms with Crippen molar-refractivity contribution in [2.75, 3.05) is 18.5 Å². The summed E-state index contributed by atoms with van der Waals surface area (Å²) in [7, 11) is 0. The van der Waals surface area contributed by atoms with Crippen molar-refractivity contribution < 1.29 is 19.1 Å². The summed E-state index contributed by atoms with van der Waals surface area (Å²) in [5.74, 6) is -0.540. The molecule has 39 heavy (non-hydrogen) atoms. The molecular formula is C30H39N5O4. The maximum absolute atomic E-state index is 13.3. The van der Waals surface area contributed by atoms with Crippen molar-refractivity contribution >= 4 is 34.4 Å². The molecule has 3 atom stereocenters. The zero-order chi connectivity index (χ0) is 28.2. The molecule has 3 amide bonds. The summed E-state index contributed by atoms with van der Waals surface area (Å²) in [6.07, 6.45) is 3.73. The summed E-state index contributed by atoms with van der Waals surface area (Å²) >= 11 is 0. The summed E-state index contributed by atoms with van der Waals surface area (Å²) in [5, 5.41) is 5.72. The first kappa shape index (κ1) is 28.3. The van der Waals surface area contributed by atoms with Gasteiger partial charge in [-0.3, -0.25) is 14.4 Å². The lowest BCUT2D eigenvalue weighted by molar-refractivity contribution is -0.134. The first-order valence-electron chi connectivity index (χ1n) is 13.5. The first-order chi connectivity index (χ1) is 18.5. The van der Waals surface area contributed by atoms with Crippen molar-refractivity contribution in [3.05, 3.63) is 60.4 Å². The van der Waals surface area contributed by atoms with Gasteiger partial charge in [-0.2, -0.15) is 0 Å². The number of fused-ring (bicyclic) bond motifs is 1. The van der Waals surface area contributed by atoms with Gasteiger partial charge in [0, 0.05) is 23.7 Å². The van der Waals surface area contributed by atoms with Crippen LogP contribution in [0.3, 0.4) is 0 Å². The van der Waals surface area contributed by atoms with E-state index in [-0.39, 0.29) is 36.4 Å². The number of hydrogen-bond acceptors (Lipinski definition) is 5. The van der Waals surface area contributed by atoms with Gasteiger partial charge in [-0.05, 0) is 50.5 Å². The first-order valence-corrected chi connectivity index (χ1v) is 13.5. The van der Waals surface area contributed by atoms with E-state index in [0.29, 0.717) is 17.8 Å². The molecule has 0 bridgehead atoms. The third-order valence-corrected chi connectivity index (χ3v) is 7.15. The number of imidazole rings is 1. The molecule has 9 nitrogen and oxygen atoms in total. The maximum atomic E-state index is 13.3. The predicted molar refractivity (Wildman–Crippen MR) is 151 cm³/mol. The van der Waals surface area contributed by atoms with E-state index in [4.69, 9.17) is 4.74 Å². The summed E-state index contributed by atoms with van der Waals surface area (Å²) in [6, 6.07) is 14.0. The molecule has 1 aromatic heterocycles. The SMILES string of the molecule is CC1CCCN1C(=O)C(C)n1cnc2cc(NC(=O)[C@@H](COCc3ccccc3)NC(=O)C(C)(C)C)ccc21. The van der Waals surface area contributed by atoms with Gasteiger partial charge >= 0.3 is 0 Å². The van der Waals surface area contributed by atoms with Crippen LogP contribution in [0, 0.1) is 5.41 Å². The number of carbonyl (C=O) groups excluding carboxylic acids is 3. The van der Waals surface area contributed by atoms with Crippen LogP contribution in [0.5, 0.6) is 0 Å². The predicted octanol–water partition coefficient (Wildman–Crippen LogP) is 4.29. The summed E-state index contributed by atoms with van der Waals surface area (Å²) in [4.78, 5) is 45.5. The highest BCUT2D eigenvalue weighted by Crippen LogP contribution is 2.25. The average Bonchev–Trinajstić information content (AvgIpc) is 3.53. The summed E-state index contributed by atoms with van der Waals surface area (Å²) in [5.41, 5.74) is 2.33. The molecule has 0 saturated carbocycles. The van der Waals surface area contributed by atoms with Crippen LogP contribution in [0.25, 0.3) is 11.0 Å². The van der Waals surface area contributed by atoms with Gasteiger partial charge in [0.15, 0.2) is 0 Å². The summed E-state index contributed by atoms with van der Waals surface area (Å²) in [6.45, 7) is 10.5. The van der Waals surface area contributed by atoms with Gasteiger partial charge in [0.2, 0.25) is 17.7 Å². The highest BCUT2D eigenvalue weighted by Gasteiger charge is 2.30. The minimum atomic E-state index is -0.881. The van der Waals surface area contributed by atoms with Crippen molar-refractivity contribution in [2.45, 2.75) is 72.2 Å². The highest BCUT2D eigenvalue weighted by molar-refractivity contribution is 5.99. The molecule has 9 heteroatoms. The number of hydrogen-bond donors (Lipinski definition) is 2. The van der Waals surface area contributed by atoms with Gasteiger partial charge in [-0.15, -0.1) is 0 Å². The Kier molecular flexibility index (Phi) is 8.70. The number of nitrogens with one attached hydrogen (secondary N) is 2. The molecule has 4 rings (SSSR count). The number of likely N-dealkylation sites (tertiary alicyclic amines) is 1. The van der Waals surface area contributed by atoms with E-state index in [1.165, 1.54) is 0 Å². The van der Waals surface area contributed by atoms with Crippen LogP contribution < -0.4 is 10.6 Å². The largest absolute Gasteiger partial charge is 0.374 e. The lowest BCUT2D eigenvalue weighted by atomic mass is 9.95. The van der Waals surface area contributed by atoms with Crippen LogP contribution in [0.1, 0.15) is 59.1 Å². The molecule has 0 aliphatic carbocycles. The van der Waals surface area contributed by atoms with Crippen molar-refractivity contribution in [1.82, 2.24) is 19.8 Å². The smallest absolute Gasteiger partial charge is 0.249 e. The minimum Gasteiger partial charge on any atom is -0.374 e. The Bertz CT molecular complexity index is 1310. The number of ether oxygens (including phenoxy) is 1. The number of benzene rings is 2. The highest BCUT2D eigenvalue weighted by atomic mass is 16.5. The van der Waals surface area contributed by atoms with Gasteiger partial charge in [-0.25, -0.2) is 4.98 Å². The third-order valence-electron chi connectivity index (χ3n) is 7.15. The van der Waals surface area contributed by atoms with Crippen LogP contribution in [-0.4, -0.2) is 57.4 Å². The Morgan fingerprint density at radius 3 is 2.54 bits per heavy atom. The van der Waals surface area contributed by atoms with Crippen LogP contribution in [0.2, 0.25) is 0 Å². The molecule has 1 saturated heterocycles. The van der Waals surface area contributed by atoms with Crippen molar-refractivity contribution in [2.24, 2.45) is 5.41 Å². The second-order valence-electron chi connectivity index (χ2n) is 11.3. The van der Waals surface area contributed by atoms with Gasteiger partial charge in [0.05, 0.1) is 30.6 Å². The second-order valence-corrected chi connectivity index (χ2v) is 11.3. The topological polar surface area (TPSA) is 106 Å². The van der Waals surface area contributed by atoms with Gasteiger partial charge in [-0.1, -0.05) is 51.1 Å². The maximum Gasteiger partial charge on any atom is 0.249 e. The van der Waals surface area contributed by atoms with E-state index in [1.807, 2.05) is 52.8 Å². The Hall–Kier alpha value is -3.72. The molecule has 208 valence electrons. The van der Waals surface area contributed by atoms with E-state index >= 15 is 0 Å². The van der Waals surface area contributed by atoms with E-state index in [9.17, 15) is 14.4 Å². The molecule has 0 spiro atoms. The quantitative estimate of drug-likeness (QED) is 0.427.